The molecule has 0 atom stereocenters. The van der Waals surface area contributed by atoms with E-state index >= 15 is 0 Å². The molecule has 0 saturated heterocycles. The van der Waals surface area contributed by atoms with Gasteiger partial charge in [-0.2, -0.15) is 0 Å². The SMILES string of the molecule is C#Cc1ccc(OCC(F)F)c(OCc2ccccc2)c1. The van der Waals surface area contributed by atoms with E-state index in [1.54, 1.807) is 12.1 Å². The maximum absolute atomic E-state index is 12.3. The van der Waals surface area contributed by atoms with Crippen LogP contribution in [0.2, 0.25) is 0 Å². The molecule has 0 amide bonds. The first-order valence-electron chi connectivity index (χ1n) is 6.37. The standard InChI is InChI=1S/C17H14F2O2/c1-2-13-8-9-15(21-12-17(18)19)16(10-13)20-11-14-6-4-3-5-7-14/h1,3-10,17H,11-12H2. The van der Waals surface area contributed by atoms with Gasteiger partial charge in [0.05, 0.1) is 0 Å². The van der Waals surface area contributed by atoms with Crippen molar-refractivity contribution in [2.45, 2.75) is 13.0 Å². The molecule has 0 spiro atoms. The highest BCUT2D eigenvalue weighted by Gasteiger charge is 2.10. The van der Waals surface area contributed by atoms with Gasteiger partial charge in [-0.15, -0.1) is 6.42 Å². The summed E-state index contributed by atoms with van der Waals surface area (Å²) in [6, 6.07) is 14.3. The third-order valence-electron chi connectivity index (χ3n) is 2.71. The van der Waals surface area contributed by atoms with Crippen molar-refractivity contribution in [1.82, 2.24) is 0 Å². The Hall–Kier alpha value is -2.54. The van der Waals surface area contributed by atoms with E-state index in [1.165, 1.54) is 6.07 Å². The van der Waals surface area contributed by atoms with Crippen LogP contribution in [0, 0.1) is 12.3 Å². The van der Waals surface area contributed by atoms with Gasteiger partial charge in [-0.1, -0.05) is 36.3 Å². The molecule has 0 heterocycles. The van der Waals surface area contributed by atoms with E-state index in [0.717, 1.165) is 5.56 Å². The van der Waals surface area contributed by atoms with E-state index in [2.05, 4.69) is 5.92 Å². The van der Waals surface area contributed by atoms with E-state index in [-0.39, 0.29) is 5.75 Å². The van der Waals surface area contributed by atoms with Crippen LogP contribution in [-0.4, -0.2) is 13.0 Å². The summed E-state index contributed by atoms with van der Waals surface area (Å²) in [5.41, 5.74) is 1.56. The molecule has 21 heavy (non-hydrogen) atoms. The topological polar surface area (TPSA) is 18.5 Å². The maximum atomic E-state index is 12.3. The smallest absolute Gasteiger partial charge is 0.272 e. The minimum Gasteiger partial charge on any atom is -0.485 e. The first-order chi connectivity index (χ1) is 10.2. The summed E-state index contributed by atoms with van der Waals surface area (Å²) < 4.78 is 35.2. The number of ether oxygens (including phenoxy) is 2. The largest absolute Gasteiger partial charge is 0.485 e. The number of terminal acetylenes is 1. The number of hydrogen-bond donors (Lipinski definition) is 0. The van der Waals surface area contributed by atoms with E-state index < -0.39 is 13.0 Å². The van der Waals surface area contributed by atoms with Crippen LogP contribution in [0.5, 0.6) is 11.5 Å². The zero-order chi connectivity index (χ0) is 15.1. The van der Waals surface area contributed by atoms with Gasteiger partial charge in [0.15, 0.2) is 11.5 Å². The highest BCUT2D eigenvalue weighted by atomic mass is 19.3. The minimum atomic E-state index is -2.54. The number of benzene rings is 2. The summed E-state index contributed by atoms with van der Waals surface area (Å²) in [5, 5.41) is 0. The van der Waals surface area contributed by atoms with Crippen LogP contribution in [0.15, 0.2) is 48.5 Å². The fourth-order valence-electron chi connectivity index (χ4n) is 1.72. The van der Waals surface area contributed by atoms with E-state index in [9.17, 15) is 8.78 Å². The average molecular weight is 288 g/mol. The average Bonchev–Trinajstić information content (AvgIpc) is 2.52. The lowest BCUT2D eigenvalue weighted by Crippen LogP contribution is -2.08. The molecule has 108 valence electrons. The molecule has 0 aliphatic heterocycles. The predicted molar refractivity (Wildman–Crippen MR) is 76.7 cm³/mol. The number of halogens is 2. The number of rotatable bonds is 6. The molecule has 0 aromatic heterocycles. The molecule has 2 rings (SSSR count). The molecule has 0 bridgehead atoms. The Labute approximate surface area is 122 Å². The zero-order valence-corrected chi connectivity index (χ0v) is 11.3. The second-order valence-electron chi connectivity index (χ2n) is 4.28. The van der Waals surface area contributed by atoms with Crippen molar-refractivity contribution in [1.29, 1.82) is 0 Å². The predicted octanol–water partition coefficient (Wildman–Crippen LogP) is 3.89. The Morgan fingerprint density at radius 2 is 1.76 bits per heavy atom. The molecule has 4 heteroatoms. The molecular formula is C17H14F2O2. The molecular weight excluding hydrogens is 274 g/mol. The quantitative estimate of drug-likeness (QED) is 0.751. The van der Waals surface area contributed by atoms with Crippen molar-refractivity contribution in [2.75, 3.05) is 6.61 Å². The second-order valence-corrected chi connectivity index (χ2v) is 4.28. The summed E-state index contributed by atoms with van der Waals surface area (Å²) in [5.74, 6) is 3.09. The monoisotopic (exact) mass is 288 g/mol. The van der Waals surface area contributed by atoms with E-state index in [0.29, 0.717) is 17.9 Å². The highest BCUT2D eigenvalue weighted by Crippen LogP contribution is 2.29. The Balaban J connectivity index is 2.13. The molecule has 0 fully saturated rings. The van der Waals surface area contributed by atoms with Gasteiger partial charge in [-0.25, -0.2) is 8.78 Å². The molecule has 0 N–H and O–H groups in total. The molecule has 0 aliphatic rings. The van der Waals surface area contributed by atoms with Gasteiger partial charge < -0.3 is 9.47 Å². The lowest BCUT2D eigenvalue weighted by atomic mass is 10.2. The third kappa shape index (κ3) is 4.50. The number of alkyl halides is 2. The van der Waals surface area contributed by atoms with Gasteiger partial charge in [0, 0.05) is 5.56 Å². The van der Waals surface area contributed by atoms with Crippen molar-refractivity contribution in [3.63, 3.8) is 0 Å². The van der Waals surface area contributed by atoms with Crippen LogP contribution >= 0.6 is 0 Å². The Bertz CT molecular complexity index is 618. The second kappa shape index (κ2) is 7.30. The van der Waals surface area contributed by atoms with Crippen LogP contribution in [0.1, 0.15) is 11.1 Å². The summed E-state index contributed by atoms with van der Waals surface area (Å²) in [6.07, 6.45) is 2.79. The first kappa shape index (κ1) is 14.9. The summed E-state index contributed by atoms with van der Waals surface area (Å²) in [4.78, 5) is 0. The molecule has 0 radical (unpaired) electrons. The summed E-state index contributed by atoms with van der Waals surface area (Å²) in [6.45, 7) is -0.378. The van der Waals surface area contributed by atoms with Crippen molar-refractivity contribution in [3.8, 4) is 23.8 Å². The molecule has 2 aromatic carbocycles. The minimum absolute atomic E-state index is 0.255. The van der Waals surface area contributed by atoms with Gasteiger partial charge in [-0.3, -0.25) is 0 Å². The maximum Gasteiger partial charge on any atom is 0.272 e. The summed E-state index contributed by atoms with van der Waals surface area (Å²) >= 11 is 0. The van der Waals surface area contributed by atoms with Crippen LogP contribution in [0.25, 0.3) is 0 Å². The highest BCUT2D eigenvalue weighted by molar-refractivity contribution is 5.47. The lowest BCUT2D eigenvalue weighted by Gasteiger charge is -2.13. The van der Waals surface area contributed by atoms with Crippen molar-refractivity contribution >= 4 is 0 Å². The first-order valence-corrected chi connectivity index (χ1v) is 6.37. The Morgan fingerprint density at radius 3 is 2.43 bits per heavy atom. The van der Waals surface area contributed by atoms with E-state index in [1.807, 2.05) is 30.3 Å². The normalized spacial score (nSPS) is 10.2. The Kier molecular flexibility index (Phi) is 5.16. The van der Waals surface area contributed by atoms with Crippen molar-refractivity contribution < 1.29 is 18.3 Å². The molecule has 2 aromatic rings. The number of hydrogen-bond acceptors (Lipinski definition) is 2. The molecule has 0 saturated carbocycles. The van der Waals surface area contributed by atoms with Crippen molar-refractivity contribution in [2.24, 2.45) is 0 Å². The van der Waals surface area contributed by atoms with Gasteiger partial charge in [0.2, 0.25) is 0 Å². The molecule has 0 aliphatic carbocycles. The third-order valence-corrected chi connectivity index (χ3v) is 2.71. The van der Waals surface area contributed by atoms with Gasteiger partial charge in [0.25, 0.3) is 6.43 Å². The molecule has 2 nitrogen and oxygen atoms in total. The summed E-state index contributed by atoms with van der Waals surface area (Å²) in [7, 11) is 0. The van der Waals surface area contributed by atoms with Gasteiger partial charge in [-0.05, 0) is 23.8 Å². The Morgan fingerprint density at radius 1 is 1.00 bits per heavy atom. The van der Waals surface area contributed by atoms with Gasteiger partial charge in [0.1, 0.15) is 13.2 Å². The fourth-order valence-corrected chi connectivity index (χ4v) is 1.72. The lowest BCUT2D eigenvalue weighted by molar-refractivity contribution is 0.0798. The van der Waals surface area contributed by atoms with Crippen LogP contribution < -0.4 is 9.47 Å². The van der Waals surface area contributed by atoms with Crippen molar-refractivity contribution in [3.05, 3.63) is 59.7 Å². The zero-order valence-electron chi connectivity index (χ0n) is 11.3. The fraction of sp³-hybridized carbons (Fsp3) is 0.176. The van der Waals surface area contributed by atoms with Crippen LogP contribution in [-0.2, 0) is 6.61 Å². The molecule has 0 unspecified atom stereocenters. The van der Waals surface area contributed by atoms with Crippen LogP contribution in [0.3, 0.4) is 0 Å². The van der Waals surface area contributed by atoms with Crippen LogP contribution in [0.4, 0.5) is 8.78 Å². The van der Waals surface area contributed by atoms with Gasteiger partial charge >= 0.3 is 0 Å². The van der Waals surface area contributed by atoms with E-state index in [4.69, 9.17) is 15.9 Å².